The lowest BCUT2D eigenvalue weighted by Gasteiger charge is -2.14. The highest BCUT2D eigenvalue weighted by atomic mass is 35.5. The molecule has 0 bridgehead atoms. The number of methoxy groups -OCH3 is 1. The number of terminal acetylenes is 1. The number of carbonyl (C=O) groups excluding carboxylic acids is 1. The van der Waals surface area contributed by atoms with Crippen LogP contribution >= 0.6 is 23.4 Å². The van der Waals surface area contributed by atoms with Gasteiger partial charge in [-0.25, -0.2) is 4.99 Å². The summed E-state index contributed by atoms with van der Waals surface area (Å²) in [7, 11) is 1.52. The van der Waals surface area contributed by atoms with Crippen LogP contribution in [0, 0.1) is 12.3 Å². The van der Waals surface area contributed by atoms with Crippen molar-refractivity contribution in [2.45, 2.75) is 20.3 Å². The minimum absolute atomic E-state index is 0.0716. The van der Waals surface area contributed by atoms with E-state index in [0.717, 1.165) is 17.9 Å². The fraction of sp³-hybridized carbons (Fsp3) is 0.280. The van der Waals surface area contributed by atoms with Crippen LogP contribution in [0.15, 0.2) is 46.3 Å². The summed E-state index contributed by atoms with van der Waals surface area (Å²) >= 11 is 7.70. The van der Waals surface area contributed by atoms with Crippen molar-refractivity contribution >= 4 is 46.2 Å². The standard InChI is InChI=1S/C25H25ClN2O4S/c1-5-12-28-24(29)22(33-25(28)27-18-8-10-19(11-9-18)31-7-3)16-17-14-20(26)23(32-13-6-2)21(15-17)30-4/h2,8-11,14-16H,5,7,12-13H2,1,3-4H3. The smallest absolute Gasteiger partial charge is 0.266 e. The number of amides is 1. The molecule has 0 aliphatic carbocycles. The third-order valence-electron chi connectivity index (χ3n) is 4.56. The van der Waals surface area contributed by atoms with Crippen LogP contribution in [0.2, 0.25) is 5.02 Å². The molecule has 1 fully saturated rings. The van der Waals surface area contributed by atoms with Gasteiger partial charge in [0.2, 0.25) is 0 Å². The van der Waals surface area contributed by atoms with Gasteiger partial charge in [0.05, 0.1) is 29.3 Å². The maximum absolute atomic E-state index is 13.1. The maximum Gasteiger partial charge on any atom is 0.266 e. The summed E-state index contributed by atoms with van der Waals surface area (Å²) in [6.45, 7) is 5.20. The number of ether oxygens (including phenoxy) is 3. The molecule has 3 rings (SSSR count). The van der Waals surface area contributed by atoms with Gasteiger partial charge < -0.3 is 14.2 Å². The summed E-state index contributed by atoms with van der Waals surface area (Å²) in [5.41, 5.74) is 1.45. The summed E-state index contributed by atoms with van der Waals surface area (Å²) in [5.74, 6) is 3.89. The van der Waals surface area contributed by atoms with E-state index in [1.807, 2.05) is 38.1 Å². The molecule has 1 aliphatic heterocycles. The third kappa shape index (κ3) is 6.04. The van der Waals surface area contributed by atoms with Gasteiger partial charge in [0.15, 0.2) is 16.7 Å². The average Bonchev–Trinajstić information content (AvgIpc) is 3.08. The molecule has 0 aromatic heterocycles. The Balaban J connectivity index is 1.91. The van der Waals surface area contributed by atoms with Gasteiger partial charge in [-0.3, -0.25) is 9.69 Å². The van der Waals surface area contributed by atoms with E-state index in [9.17, 15) is 4.79 Å². The summed E-state index contributed by atoms with van der Waals surface area (Å²) in [6.07, 6.45) is 7.85. The first kappa shape index (κ1) is 24.6. The van der Waals surface area contributed by atoms with Gasteiger partial charge in [-0.15, -0.1) is 6.42 Å². The van der Waals surface area contributed by atoms with Crippen molar-refractivity contribution in [2.75, 3.05) is 26.9 Å². The minimum Gasteiger partial charge on any atom is -0.494 e. The number of carbonyl (C=O) groups is 1. The molecule has 6 nitrogen and oxygen atoms in total. The number of thioether (sulfide) groups is 1. The molecule has 172 valence electrons. The lowest BCUT2D eigenvalue weighted by molar-refractivity contribution is -0.122. The van der Waals surface area contributed by atoms with Crippen LogP contribution in [0.3, 0.4) is 0 Å². The van der Waals surface area contributed by atoms with E-state index in [2.05, 4.69) is 5.92 Å². The van der Waals surface area contributed by atoms with Crippen LogP contribution in [0.5, 0.6) is 17.2 Å². The van der Waals surface area contributed by atoms with Crippen LogP contribution < -0.4 is 14.2 Å². The Morgan fingerprint density at radius 1 is 1.21 bits per heavy atom. The predicted octanol–water partition coefficient (Wildman–Crippen LogP) is 5.77. The van der Waals surface area contributed by atoms with E-state index in [4.69, 9.17) is 37.2 Å². The van der Waals surface area contributed by atoms with E-state index in [1.165, 1.54) is 18.9 Å². The van der Waals surface area contributed by atoms with E-state index < -0.39 is 0 Å². The van der Waals surface area contributed by atoms with Gasteiger partial charge in [-0.1, -0.05) is 24.4 Å². The molecule has 1 aliphatic rings. The predicted molar refractivity (Wildman–Crippen MR) is 135 cm³/mol. The molecule has 1 amide bonds. The van der Waals surface area contributed by atoms with Crippen molar-refractivity contribution in [2.24, 2.45) is 4.99 Å². The Bertz CT molecular complexity index is 1110. The van der Waals surface area contributed by atoms with Crippen molar-refractivity contribution in [3.8, 4) is 29.6 Å². The molecule has 8 heteroatoms. The Morgan fingerprint density at radius 2 is 1.97 bits per heavy atom. The lowest BCUT2D eigenvalue weighted by atomic mass is 10.1. The molecular weight excluding hydrogens is 460 g/mol. The van der Waals surface area contributed by atoms with Gasteiger partial charge in [-0.2, -0.15) is 0 Å². The third-order valence-corrected chi connectivity index (χ3v) is 5.84. The highest BCUT2D eigenvalue weighted by Gasteiger charge is 2.33. The fourth-order valence-corrected chi connectivity index (χ4v) is 4.43. The van der Waals surface area contributed by atoms with Crippen LogP contribution in [0.25, 0.3) is 6.08 Å². The number of hydrogen-bond donors (Lipinski definition) is 0. The Labute approximate surface area is 203 Å². The second-order valence-electron chi connectivity index (χ2n) is 6.92. The summed E-state index contributed by atoms with van der Waals surface area (Å²) in [6, 6.07) is 10.9. The Morgan fingerprint density at radius 3 is 2.61 bits per heavy atom. The summed E-state index contributed by atoms with van der Waals surface area (Å²) in [5, 5.41) is 0.977. The van der Waals surface area contributed by atoms with Crippen LogP contribution in [-0.4, -0.2) is 42.8 Å². The topological polar surface area (TPSA) is 60.4 Å². The SMILES string of the molecule is C#CCOc1c(Cl)cc(C=C2SC(=Nc3ccc(OCC)cc3)N(CCC)C2=O)cc1OC. The zero-order valence-electron chi connectivity index (χ0n) is 18.8. The van der Waals surface area contributed by atoms with Crippen LogP contribution in [0.4, 0.5) is 5.69 Å². The number of halogens is 1. The second-order valence-corrected chi connectivity index (χ2v) is 8.33. The monoisotopic (exact) mass is 484 g/mol. The average molecular weight is 485 g/mol. The number of benzene rings is 2. The van der Waals surface area contributed by atoms with Crippen LogP contribution in [0.1, 0.15) is 25.8 Å². The second kappa shape index (κ2) is 11.7. The van der Waals surface area contributed by atoms with Gasteiger partial charge in [-0.05, 0) is 73.1 Å². The fourth-order valence-electron chi connectivity index (χ4n) is 3.13. The van der Waals surface area contributed by atoms with Crippen molar-refractivity contribution < 1.29 is 19.0 Å². The van der Waals surface area contributed by atoms with Crippen molar-refractivity contribution in [1.82, 2.24) is 4.90 Å². The van der Waals surface area contributed by atoms with E-state index in [1.54, 1.807) is 23.1 Å². The molecular formula is C25H25ClN2O4S. The minimum atomic E-state index is -0.103. The molecule has 2 aromatic rings. The van der Waals surface area contributed by atoms with Crippen LogP contribution in [-0.2, 0) is 4.79 Å². The van der Waals surface area contributed by atoms with E-state index >= 15 is 0 Å². The Kier molecular flexibility index (Phi) is 8.70. The number of hydrogen-bond acceptors (Lipinski definition) is 6. The molecule has 0 saturated carbocycles. The number of rotatable bonds is 9. The van der Waals surface area contributed by atoms with E-state index in [-0.39, 0.29) is 12.5 Å². The first-order valence-electron chi connectivity index (χ1n) is 10.5. The molecule has 0 unspecified atom stereocenters. The molecule has 0 radical (unpaired) electrons. The number of amidine groups is 1. The Hall–Kier alpha value is -3.08. The first-order valence-corrected chi connectivity index (χ1v) is 11.7. The van der Waals surface area contributed by atoms with E-state index in [0.29, 0.717) is 45.3 Å². The van der Waals surface area contributed by atoms with Crippen molar-refractivity contribution in [1.29, 1.82) is 0 Å². The first-order chi connectivity index (χ1) is 16.0. The molecule has 0 N–H and O–H groups in total. The molecule has 1 saturated heterocycles. The van der Waals surface area contributed by atoms with Gasteiger partial charge in [0.1, 0.15) is 12.4 Å². The molecule has 2 aromatic carbocycles. The quantitative estimate of drug-likeness (QED) is 0.334. The molecule has 33 heavy (non-hydrogen) atoms. The van der Waals surface area contributed by atoms with Gasteiger partial charge >= 0.3 is 0 Å². The normalized spacial score (nSPS) is 15.7. The number of aliphatic imine (C=N–C) groups is 1. The van der Waals surface area contributed by atoms with Crippen molar-refractivity contribution in [3.05, 3.63) is 51.9 Å². The molecule has 0 atom stereocenters. The highest BCUT2D eigenvalue weighted by molar-refractivity contribution is 8.18. The largest absolute Gasteiger partial charge is 0.494 e. The number of nitrogens with zero attached hydrogens (tertiary/aromatic N) is 2. The zero-order chi connectivity index (χ0) is 23.8. The summed E-state index contributed by atoms with van der Waals surface area (Å²) < 4.78 is 16.4. The molecule has 1 heterocycles. The maximum atomic E-state index is 13.1. The summed E-state index contributed by atoms with van der Waals surface area (Å²) in [4.78, 5) is 20.0. The zero-order valence-corrected chi connectivity index (χ0v) is 20.3. The van der Waals surface area contributed by atoms with Gasteiger partial charge in [0, 0.05) is 6.54 Å². The van der Waals surface area contributed by atoms with Crippen molar-refractivity contribution in [3.63, 3.8) is 0 Å². The lowest BCUT2D eigenvalue weighted by Crippen LogP contribution is -2.29. The molecule has 0 spiro atoms. The highest BCUT2D eigenvalue weighted by Crippen LogP contribution is 2.39. The van der Waals surface area contributed by atoms with Gasteiger partial charge in [0.25, 0.3) is 5.91 Å².